The summed E-state index contributed by atoms with van der Waals surface area (Å²) in [6, 6.07) is 1.62. The Labute approximate surface area is 168 Å². The van der Waals surface area contributed by atoms with Crippen molar-refractivity contribution in [1.82, 2.24) is 4.57 Å². The number of aryl methyl sites for hydroxylation is 1. The standard InChI is InChI=1S/C21H26FN3O4/c1-12-9-25(15-3-4-15)18-16(20(12)27)7-17(22)19(21(18)29-2)24-6-5-13(10-24)14(11-26)8-23-28/h7,9,13-15,26H,3-6,8,10-11H2,1-2H3. The predicted octanol–water partition coefficient (Wildman–Crippen LogP) is 2.99. The minimum atomic E-state index is -0.492. The molecule has 1 aliphatic heterocycles. The molecular weight excluding hydrogens is 377 g/mol. The summed E-state index contributed by atoms with van der Waals surface area (Å²) in [6.45, 7) is 2.76. The van der Waals surface area contributed by atoms with Gasteiger partial charge in [0.25, 0.3) is 0 Å². The molecule has 1 saturated carbocycles. The maximum Gasteiger partial charge on any atom is 0.192 e. The quantitative estimate of drug-likeness (QED) is 0.719. The van der Waals surface area contributed by atoms with Crippen LogP contribution in [0.1, 0.15) is 30.9 Å². The number of hydrogen-bond donors (Lipinski definition) is 1. The van der Waals surface area contributed by atoms with Crippen LogP contribution in [0.15, 0.2) is 22.2 Å². The summed E-state index contributed by atoms with van der Waals surface area (Å²) < 4.78 is 23.0. The van der Waals surface area contributed by atoms with E-state index in [9.17, 15) is 14.8 Å². The zero-order chi connectivity index (χ0) is 20.7. The number of aromatic nitrogens is 1. The highest BCUT2D eigenvalue weighted by molar-refractivity contribution is 5.92. The number of benzene rings is 1. The van der Waals surface area contributed by atoms with Crippen molar-refractivity contribution in [1.29, 1.82) is 0 Å². The van der Waals surface area contributed by atoms with Gasteiger partial charge in [0.15, 0.2) is 17.0 Å². The molecule has 2 aliphatic rings. The van der Waals surface area contributed by atoms with Gasteiger partial charge in [-0.3, -0.25) is 4.79 Å². The summed E-state index contributed by atoms with van der Waals surface area (Å²) in [5.74, 6) is -0.312. The average Bonchev–Trinajstić information content (AvgIpc) is 3.45. The number of halogens is 1. The number of anilines is 1. The van der Waals surface area contributed by atoms with Crippen molar-refractivity contribution in [2.45, 2.75) is 32.2 Å². The summed E-state index contributed by atoms with van der Waals surface area (Å²) in [7, 11) is 1.50. The molecule has 2 heterocycles. The highest BCUT2D eigenvalue weighted by atomic mass is 19.1. The topological polar surface area (TPSA) is 84.1 Å². The second kappa shape index (κ2) is 7.74. The van der Waals surface area contributed by atoms with E-state index in [4.69, 9.17) is 4.74 Å². The van der Waals surface area contributed by atoms with Gasteiger partial charge >= 0.3 is 0 Å². The third kappa shape index (κ3) is 3.39. The molecule has 29 heavy (non-hydrogen) atoms. The number of nitrogens with zero attached hydrogens (tertiary/aromatic N) is 3. The van der Waals surface area contributed by atoms with Crippen molar-refractivity contribution >= 4 is 16.6 Å². The van der Waals surface area contributed by atoms with Gasteiger partial charge < -0.3 is 19.3 Å². The van der Waals surface area contributed by atoms with E-state index in [1.165, 1.54) is 13.2 Å². The molecule has 1 saturated heterocycles. The molecule has 7 nitrogen and oxygen atoms in total. The molecule has 1 aliphatic carbocycles. The number of nitroso groups, excluding NO2 is 1. The van der Waals surface area contributed by atoms with Crippen molar-refractivity contribution < 1.29 is 14.2 Å². The Bertz CT molecular complexity index is 1000. The Hall–Kier alpha value is -2.48. The lowest BCUT2D eigenvalue weighted by molar-refractivity contribution is 0.188. The first kappa shape index (κ1) is 19.8. The van der Waals surface area contributed by atoms with Gasteiger partial charge in [-0.1, -0.05) is 5.18 Å². The van der Waals surface area contributed by atoms with Crippen LogP contribution >= 0.6 is 0 Å². The summed E-state index contributed by atoms with van der Waals surface area (Å²) in [5.41, 5.74) is 1.39. The van der Waals surface area contributed by atoms with E-state index in [0.29, 0.717) is 47.0 Å². The van der Waals surface area contributed by atoms with Gasteiger partial charge in [-0.05, 0) is 38.2 Å². The van der Waals surface area contributed by atoms with Crippen molar-refractivity contribution in [3.05, 3.63) is 38.8 Å². The van der Waals surface area contributed by atoms with Crippen LogP contribution in [0.5, 0.6) is 5.75 Å². The average molecular weight is 403 g/mol. The van der Waals surface area contributed by atoms with Crippen LogP contribution < -0.4 is 15.1 Å². The molecule has 2 atom stereocenters. The number of rotatable bonds is 7. The Morgan fingerprint density at radius 3 is 2.76 bits per heavy atom. The van der Waals surface area contributed by atoms with Gasteiger partial charge in [0.05, 0.1) is 24.6 Å². The van der Waals surface area contributed by atoms with E-state index in [1.54, 1.807) is 6.92 Å². The third-order valence-corrected chi connectivity index (χ3v) is 6.27. The van der Waals surface area contributed by atoms with Gasteiger partial charge in [-0.2, -0.15) is 4.91 Å². The van der Waals surface area contributed by atoms with E-state index in [-0.39, 0.29) is 30.4 Å². The van der Waals surface area contributed by atoms with Crippen molar-refractivity contribution in [3.63, 3.8) is 0 Å². The first-order valence-electron chi connectivity index (χ1n) is 10.1. The van der Waals surface area contributed by atoms with Gasteiger partial charge in [0, 0.05) is 43.4 Å². The second-order valence-corrected chi connectivity index (χ2v) is 8.17. The fourth-order valence-electron chi connectivity index (χ4n) is 4.54. The molecule has 1 N–H and O–H groups in total. The van der Waals surface area contributed by atoms with E-state index < -0.39 is 5.82 Å². The number of pyridine rings is 1. The normalized spacial score (nSPS) is 20.3. The number of methoxy groups -OCH3 is 1. The Morgan fingerprint density at radius 2 is 2.14 bits per heavy atom. The fraction of sp³-hybridized carbons (Fsp3) is 0.571. The summed E-state index contributed by atoms with van der Waals surface area (Å²) >= 11 is 0. The minimum Gasteiger partial charge on any atom is -0.492 e. The molecule has 0 bridgehead atoms. The maximum absolute atomic E-state index is 15.2. The third-order valence-electron chi connectivity index (χ3n) is 6.27. The lowest BCUT2D eigenvalue weighted by Crippen LogP contribution is -2.27. The molecule has 0 spiro atoms. The highest BCUT2D eigenvalue weighted by Crippen LogP contribution is 2.44. The molecule has 2 aromatic rings. The van der Waals surface area contributed by atoms with Crippen molar-refractivity contribution in [2.24, 2.45) is 17.0 Å². The molecule has 156 valence electrons. The lowest BCUT2D eigenvalue weighted by atomic mass is 9.92. The van der Waals surface area contributed by atoms with Crippen molar-refractivity contribution in [2.75, 3.05) is 38.3 Å². The van der Waals surface area contributed by atoms with Crippen LogP contribution in [0.2, 0.25) is 0 Å². The van der Waals surface area contributed by atoms with E-state index >= 15 is 4.39 Å². The summed E-state index contributed by atoms with van der Waals surface area (Å²) in [6.07, 6.45) is 4.62. The van der Waals surface area contributed by atoms with Gasteiger partial charge in [0.2, 0.25) is 0 Å². The van der Waals surface area contributed by atoms with Gasteiger partial charge in [-0.25, -0.2) is 4.39 Å². The minimum absolute atomic E-state index is 0.0427. The van der Waals surface area contributed by atoms with E-state index in [1.807, 2.05) is 15.7 Å². The van der Waals surface area contributed by atoms with Crippen LogP contribution in [0, 0.1) is 29.5 Å². The Balaban J connectivity index is 1.82. The molecular formula is C21H26FN3O4. The molecule has 8 heteroatoms. The van der Waals surface area contributed by atoms with Crippen LogP contribution in [0.25, 0.3) is 10.9 Å². The maximum atomic E-state index is 15.2. The Morgan fingerprint density at radius 1 is 1.38 bits per heavy atom. The number of aliphatic hydroxyl groups excluding tert-OH is 1. The number of ether oxygens (including phenoxy) is 1. The highest BCUT2D eigenvalue weighted by Gasteiger charge is 2.34. The van der Waals surface area contributed by atoms with Crippen LogP contribution in [0.3, 0.4) is 0 Å². The largest absolute Gasteiger partial charge is 0.492 e. The number of fused-ring (bicyclic) bond motifs is 1. The molecule has 2 unspecified atom stereocenters. The number of hydrogen-bond acceptors (Lipinski definition) is 6. The molecule has 1 aromatic carbocycles. The van der Waals surface area contributed by atoms with E-state index in [0.717, 1.165) is 19.3 Å². The fourth-order valence-corrected chi connectivity index (χ4v) is 4.54. The predicted molar refractivity (Wildman–Crippen MR) is 109 cm³/mol. The SMILES string of the molecule is COc1c(N2CCC(C(CO)CN=O)C2)c(F)cc2c(=O)c(C)cn(C3CC3)c12. The van der Waals surface area contributed by atoms with Crippen molar-refractivity contribution in [3.8, 4) is 5.75 Å². The summed E-state index contributed by atoms with van der Waals surface area (Å²) in [5, 5.41) is 12.8. The number of aliphatic hydroxyl groups is 1. The molecule has 4 rings (SSSR count). The van der Waals surface area contributed by atoms with Gasteiger partial charge in [-0.15, -0.1) is 0 Å². The summed E-state index contributed by atoms with van der Waals surface area (Å²) in [4.78, 5) is 25.3. The van der Waals surface area contributed by atoms with E-state index in [2.05, 4.69) is 5.18 Å². The van der Waals surface area contributed by atoms with Crippen LogP contribution in [0.4, 0.5) is 10.1 Å². The zero-order valence-corrected chi connectivity index (χ0v) is 16.7. The van der Waals surface area contributed by atoms with Crippen LogP contribution in [-0.4, -0.2) is 43.0 Å². The first-order valence-corrected chi connectivity index (χ1v) is 10.1. The lowest BCUT2D eigenvalue weighted by Gasteiger charge is -2.25. The molecule has 0 radical (unpaired) electrons. The first-order chi connectivity index (χ1) is 14.0. The molecule has 2 fully saturated rings. The molecule has 1 aromatic heterocycles. The zero-order valence-electron chi connectivity index (χ0n) is 16.7. The second-order valence-electron chi connectivity index (χ2n) is 8.17. The smallest absolute Gasteiger partial charge is 0.192 e. The van der Waals surface area contributed by atoms with Crippen LogP contribution in [-0.2, 0) is 0 Å². The monoisotopic (exact) mass is 403 g/mol. The van der Waals surface area contributed by atoms with Gasteiger partial charge in [0.1, 0.15) is 5.69 Å². The molecule has 0 amide bonds. The Kier molecular flexibility index (Phi) is 5.29.